The van der Waals surface area contributed by atoms with E-state index >= 15 is 0 Å². The minimum atomic E-state index is -4.79. The van der Waals surface area contributed by atoms with E-state index in [1.165, 1.54) is 19.2 Å². The zero-order valence-electron chi connectivity index (χ0n) is 17.4. The Bertz CT molecular complexity index is 1380. The highest BCUT2D eigenvalue weighted by Crippen LogP contribution is 2.32. The maximum atomic E-state index is 13.7. The van der Waals surface area contributed by atoms with E-state index in [1.807, 2.05) is 0 Å². The fraction of sp³-hybridized carbons (Fsp3) is 0.0909. The average Bonchev–Trinajstić information content (AvgIpc) is 3.26. The van der Waals surface area contributed by atoms with E-state index in [9.17, 15) is 22.4 Å². The molecule has 0 aliphatic carbocycles. The first-order chi connectivity index (χ1) is 16.2. The van der Waals surface area contributed by atoms with Gasteiger partial charge in [-0.2, -0.15) is 18.3 Å². The lowest BCUT2D eigenvalue weighted by molar-refractivity contribution is -0.142. The minimum Gasteiger partial charge on any atom is -0.497 e. The van der Waals surface area contributed by atoms with Crippen LogP contribution in [0.25, 0.3) is 16.9 Å². The molecule has 174 valence electrons. The molecule has 34 heavy (non-hydrogen) atoms. The summed E-state index contributed by atoms with van der Waals surface area (Å²) in [6.45, 7) is 0. The quantitative estimate of drug-likeness (QED) is 0.154. The molecule has 2 heterocycles. The number of halogens is 4. The van der Waals surface area contributed by atoms with Gasteiger partial charge in [-0.25, -0.2) is 18.7 Å². The standard InChI is InChI=1S/C22H15F4N5O3/c1-33-15-8-4-12(5-9-15)16-10-18(22(24,25)26)31-19(28-16)11-17(29-31)21(32)34-30-20(27)13-2-6-14(23)7-3-13/h2-11H,1H3,(H2,27,30). The molecular weight excluding hydrogens is 458 g/mol. The van der Waals surface area contributed by atoms with Crippen molar-refractivity contribution in [2.75, 3.05) is 7.11 Å². The maximum absolute atomic E-state index is 13.7. The van der Waals surface area contributed by atoms with Crippen molar-refractivity contribution in [3.63, 3.8) is 0 Å². The molecule has 4 rings (SSSR count). The number of hydrogen-bond donors (Lipinski definition) is 1. The second kappa shape index (κ2) is 8.81. The van der Waals surface area contributed by atoms with Crippen LogP contribution in [0, 0.1) is 5.82 Å². The fourth-order valence-corrected chi connectivity index (χ4v) is 3.00. The molecule has 0 bridgehead atoms. The number of hydrogen-bond acceptors (Lipinski definition) is 6. The van der Waals surface area contributed by atoms with Crippen molar-refractivity contribution in [1.82, 2.24) is 14.6 Å². The second-order valence-corrected chi connectivity index (χ2v) is 6.91. The number of nitrogens with two attached hydrogens (primary N) is 1. The Morgan fingerprint density at radius 2 is 1.74 bits per heavy atom. The Balaban J connectivity index is 1.68. The van der Waals surface area contributed by atoms with Crippen LogP contribution < -0.4 is 10.5 Å². The van der Waals surface area contributed by atoms with Gasteiger partial charge in [-0.05, 0) is 54.6 Å². The van der Waals surface area contributed by atoms with Crippen LogP contribution in [0.4, 0.5) is 17.6 Å². The van der Waals surface area contributed by atoms with Crippen LogP contribution in [0.1, 0.15) is 21.7 Å². The Morgan fingerprint density at radius 3 is 2.35 bits per heavy atom. The van der Waals surface area contributed by atoms with E-state index in [0.717, 1.165) is 24.3 Å². The van der Waals surface area contributed by atoms with Gasteiger partial charge in [0.05, 0.1) is 12.8 Å². The number of oxime groups is 1. The molecule has 0 unspecified atom stereocenters. The molecule has 4 aromatic rings. The number of carbonyl (C=O) groups is 1. The summed E-state index contributed by atoms with van der Waals surface area (Å²) in [7, 11) is 1.46. The van der Waals surface area contributed by atoms with Gasteiger partial charge in [0.1, 0.15) is 11.6 Å². The van der Waals surface area contributed by atoms with Gasteiger partial charge >= 0.3 is 12.1 Å². The molecule has 0 saturated heterocycles. The van der Waals surface area contributed by atoms with Crippen molar-refractivity contribution in [2.24, 2.45) is 10.9 Å². The number of alkyl halides is 3. The highest BCUT2D eigenvalue weighted by atomic mass is 19.4. The van der Waals surface area contributed by atoms with Crippen molar-refractivity contribution in [3.8, 4) is 17.0 Å². The molecule has 12 heteroatoms. The molecule has 2 N–H and O–H groups in total. The summed E-state index contributed by atoms with van der Waals surface area (Å²) in [5.74, 6) is -1.38. The first kappa shape index (κ1) is 22.7. The van der Waals surface area contributed by atoms with Crippen LogP contribution in [0.15, 0.2) is 65.8 Å². The normalized spacial score (nSPS) is 12.1. The number of ether oxygens (including phenoxy) is 1. The summed E-state index contributed by atoms with van der Waals surface area (Å²) in [4.78, 5) is 21.2. The largest absolute Gasteiger partial charge is 0.497 e. The van der Waals surface area contributed by atoms with Gasteiger partial charge < -0.3 is 15.3 Å². The lowest BCUT2D eigenvalue weighted by Gasteiger charge is -2.11. The predicted octanol–water partition coefficient (Wildman–Crippen LogP) is 4.04. The van der Waals surface area contributed by atoms with Crippen molar-refractivity contribution in [1.29, 1.82) is 0 Å². The van der Waals surface area contributed by atoms with Crippen molar-refractivity contribution in [3.05, 3.63) is 83.4 Å². The fourth-order valence-electron chi connectivity index (χ4n) is 3.00. The van der Waals surface area contributed by atoms with Crippen LogP contribution in [0.5, 0.6) is 5.75 Å². The van der Waals surface area contributed by atoms with Gasteiger partial charge in [0.15, 0.2) is 22.9 Å². The van der Waals surface area contributed by atoms with Crippen molar-refractivity contribution < 1.29 is 31.9 Å². The van der Waals surface area contributed by atoms with Crippen LogP contribution in [0.2, 0.25) is 0 Å². The molecule has 0 atom stereocenters. The average molecular weight is 473 g/mol. The summed E-state index contributed by atoms with van der Waals surface area (Å²) >= 11 is 0. The van der Waals surface area contributed by atoms with Gasteiger partial charge in [0.25, 0.3) is 0 Å². The topological polar surface area (TPSA) is 104 Å². The van der Waals surface area contributed by atoms with E-state index in [-0.39, 0.29) is 22.7 Å². The lowest BCUT2D eigenvalue weighted by atomic mass is 10.1. The molecule has 0 amide bonds. The monoisotopic (exact) mass is 473 g/mol. The number of methoxy groups -OCH3 is 1. The number of benzene rings is 2. The summed E-state index contributed by atoms with van der Waals surface area (Å²) < 4.78 is 59.7. The minimum absolute atomic E-state index is 0.0147. The zero-order valence-corrected chi connectivity index (χ0v) is 17.4. The Labute approximate surface area is 189 Å². The van der Waals surface area contributed by atoms with Crippen LogP contribution >= 0.6 is 0 Å². The third kappa shape index (κ3) is 4.65. The molecule has 2 aromatic carbocycles. The van der Waals surface area contributed by atoms with Gasteiger partial charge in [-0.1, -0.05) is 5.16 Å². The number of rotatable bonds is 5. The Kier molecular flexibility index (Phi) is 5.88. The zero-order chi connectivity index (χ0) is 24.5. The number of aromatic nitrogens is 3. The smallest absolute Gasteiger partial charge is 0.433 e. The molecule has 8 nitrogen and oxygen atoms in total. The summed E-state index contributed by atoms with van der Waals surface area (Å²) in [6.07, 6.45) is -4.79. The van der Waals surface area contributed by atoms with Crippen molar-refractivity contribution in [2.45, 2.75) is 6.18 Å². The number of amidine groups is 1. The van der Waals surface area contributed by atoms with E-state index in [0.29, 0.717) is 15.8 Å². The molecule has 0 saturated carbocycles. The third-order valence-corrected chi connectivity index (χ3v) is 4.68. The lowest BCUT2D eigenvalue weighted by Crippen LogP contribution is -2.16. The van der Waals surface area contributed by atoms with Crippen LogP contribution in [-0.2, 0) is 11.0 Å². The van der Waals surface area contributed by atoms with Crippen LogP contribution in [-0.4, -0.2) is 33.5 Å². The molecule has 0 aliphatic heterocycles. The molecule has 2 aromatic heterocycles. The highest BCUT2D eigenvalue weighted by Gasteiger charge is 2.35. The van der Waals surface area contributed by atoms with E-state index in [2.05, 4.69) is 15.2 Å². The van der Waals surface area contributed by atoms with Crippen LogP contribution in [0.3, 0.4) is 0 Å². The van der Waals surface area contributed by atoms with Gasteiger partial charge in [0.2, 0.25) is 0 Å². The second-order valence-electron chi connectivity index (χ2n) is 6.91. The highest BCUT2D eigenvalue weighted by molar-refractivity contribution is 5.98. The SMILES string of the molecule is COc1ccc(-c2cc(C(F)(F)F)n3nc(C(=O)O/N=C(\N)c4ccc(F)cc4)cc3n2)cc1. The molecule has 0 fully saturated rings. The summed E-state index contributed by atoms with van der Waals surface area (Å²) in [5, 5.41) is 7.13. The maximum Gasteiger partial charge on any atom is 0.433 e. The van der Waals surface area contributed by atoms with Gasteiger partial charge in [-0.15, -0.1) is 0 Å². The van der Waals surface area contributed by atoms with E-state index < -0.39 is 29.4 Å². The van der Waals surface area contributed by atoms with E-state index in [4.69, 9.17) is 15.3 Å². The van der Waals surface area contributed by atoms with E-state index in [1.54, 1.807) is 24.3 Å². The first-order valence-corrected chi connectivity index (χ1v) is 9.59. The molecule has 0 aliphatic rings. The number of carbonyl (C=O) groups excluding carboxylic acids is 1. The summed E-state index contributed by atoms with van der Waals surface area (Å²) in [6, 6.07) is 13.0. The molecule has 0 spiro atoms. The predicted molar refractivity (Wildman–Crippen MR) is 113 cm³/mol. The first-order valence-electron chi connectivity index (χ1n) is 9.59. The molecular formula is C22H15F4N5O3. The van der Waals surface area contributed by atoms with Gasteiger partial charge in [-0.3, -0.25) is 0 Å². The Hall–Kier alpha value is -4.48. The number of fused-ring (bicyclic) bond motifs is 1. The van der Waals surface area contributed by atoms with Gasteiger partial charge in [0, 0.05) is 17.2 Å². The number of nitrogens with zero attached hydrogens (tertiary/aromatic N) is 4. The van der Waals surface area contributed by atoms with Crippen molar-refractivity contribution >= 4 is 17.5 Å². The Morgan fingerprint density at radius 1 is 1.06 bits per heavy atom. The summed E-state index contributed by atoms with van der Waals surface area (Å²) in [5.41, 5.74) is 4.53. The molecule has 0 radical (unpaired) electrons. The third-order valence-electron chi connectivity index (χ3n) is 4.68.